The van der Waals surface area contributed by atoms with Gasteiger partial charge >= 0.3 is 0 Å². The second-order valence-corrected chi connectivity index (χ2v) is 7.43. The third-order valence-electron chi connectivity index (χ3n) is 4.82. The fourth-order valence-corrected chi connectivity index (χ4v) is 3.50. The topological polar surface area (TPSA) is 49.6 Å². The van der Waals surface area contributed by atoms with E-state index in [1.807, 2.05) is 0 Å². The molecule has 21 heavy (non-hydrogen) atoms. The van der Waals surface area contributed by atoms with Crippen molar-refractivity contribution in [1.82, 2.24) is 9.80 Å². The first-order valence-electron chi connectivity index (χ1n) is 8.55. The zero-order chi connectivity index (χ0) is 16.1. The monoisotopic (exact) mass is 297 g/mol. The largest absolute Gasteiger partial charge is 0.340 e. The maximum absolute atomic E-state index is 13.0. The highest BCUT2D eigenvalue weighted by atomic mass is 16.2. The molecule has 4 nitrogen and oxygen atoms in total. The fraction of sp³-hybridized carbons (Fsp3) is 0.941. The van der Waals surface area contributed by atoms with Gasteiger partial charge in [0.05, 0.1) is 5.41 Å². The molecule has 1 aliphatic heterocycles. The van der Waals surface area contributed by atoms with Gasteiger partial charge in [-0.25, -0.2) is 0 Å². The van der Waals surface area contributed by atoms with Gasteiger partial charge in [-0.1, -0.05) is 26.7 Å². The van der Waals surface area contributed by atoms with Crippen molar-refractivity contribution in [2.75, 3.05) is 32.7 Å². The van der Waals surface area contributed by atoms with E-state index in [9.17, 15) is 4.79 Å². The van der Waals surface area contributed by atoms with Crippen molar-refractivity contribution in [1.29, 1.82) is 0 Å². The first kappa shape index (κ1) is 18.4. The number of rotatable bonds is 6. The minimum absolute atomic E-state index is 0.187. The van der Waals surface area contributed by atoms with Gasteiger partial charge in [-0.2, -0.15) is 0 Å². The van der Waals surface area contributed by atoms with Crippen LogP contribution in [-0.4, -0.2) is 54.0 Å². The standard InChI is InChI=1S/C17H35N3O/c1-6-8-17(14-18,9-7-2)15(21)19-10-12-20(13-11-19)16(3,4)5/h6-14,18H2,1-5H3. The maximum atomic E-state index is 13.0. The van der Waals surface area contributed by atoms with E-state index >= 15 is 0 Å². The summed E-state index contributed by atoms with van der Waals surface area (Å²) in [6, 6.07) is 0. The number of hydrogen-bond donors (Lipinski definition) is 1. The van der Waals surface area contributed by atoms with Crippen LogP contribution < -0.4 is 5.73 Å². The van der Waals surface area contributed by atoms with Gasteiger partial charge in [-0.3, -0.25) is 9.69 Å². The highest BCUT2D eigenvalue weighted by molar-refractivity contribution is 5.83. The molecular formula is C17H35N3O. The van der Waals surface area contributed by atoms with Crippen LogP contribution in [0.1, 0.15) is 60.3 Å². The van der Waals surface area contributed by atoms with Crippen molar-refractivity contribution in [2.24, 2.45) is 11.1 Å². The Balaban J connectivity index is 2.74. The molecule has 0 saturated carbocycles. The Bertz CT molecular complexity index is 321. The van der Waals surface area contributed by atoms with E-state index in [0.29, 0.717) is 12.5 Å². The van der Waals surface area contributed by atoms with Crippen molar-refractivity contribution in [3.05, 3.63) is 0 Å². The van der Waals surface area contributed by atoms with Gasteiger partial charge in [0.15, 0.2) is 0 Å². The molecule has 0 spiro atoms. The van der Waals surface area contributed by atoms with Crippen molar-refractivity contribution < 1.29 is 4.79 Å². The number of nitrogens with zero attached hydrogens (tertiary/aromatic N) is 2. The predicted molar refractivity (Wildman–Crippen MR) is 89.2 cm³/mol. The Labute approximate surface area is 131 Å². The zero-order valence-corrected chi connectivity index (χ0v) is 14.7. The van der Waals surface area contributed by atoms with Crippen molar-refractivity contribution in [3.63, 3.8) is 0 Å². The lowest BCUT2D eigenvalue weighted by atomic mass is 9.77. The Morgan fingerprint density at radius 1 is 1.00 bits per heavy atom. The van der Waals surface area contributed by atoms with Gasteiger partial charge in [-0.05, 0) is 33.6 Å². The van der Waals surface area contributed by atoms with Gasteiger partial charge in [0.2, 0.25) is 5.91 Å². The molecule has 4 heteroatoms. The number of piperazine rings is 1. The minimum atomic E-state index is -0.326. The molecule has 1 fully saturated rings. The normalized spacial score (nSPS) is 18.1. The van der Waals surface area contributed by atoms with E-state index in [4.69, 9.17) is 5.73 Å². The first-order chi connectivity index (χ1) is 9.80. The van der Waals surface area contributed by atoms with Crippen molar-refractivity contribution in [3.8, 4) is 0 Å². The van der Waals surface area contributed by atoms with Crippen LogP contribution in [0.25, 0.3) is 0 Å². The molecule has 0 aromatic carbocycles. The number of hydrogen-bond acceptors (Lipinski definition) is 3. The van der Waals surface area contributed by atoms with E-state index < -0.39 is 0 Å². The third kappa shape index (κ3) is 4.43. The second-order valence-electron chi connectivity index (χ2n) is 7.43. The Kier molecular flexibility index (Phi) is 6.67. The molecule has 1 rings (SSSR count). The molecule has 0 radical (unpaired) electrons. The van der Waals surface area contributed by atoms with E-state index in [-0.39, 0.29) is 11.0 Å². The van der Waals surface area contributed by atoms with Crippen LogP contribution >= 0.6 is 0 Å². The Morgan fingerprint density at radius 2 is 1.48 bits per heavy atom. The van der Waals surface area contributed by atoms with E-state index in [0.717, 1.165) is 51.9 Å². The van der Waals surface area contributed by atoms with Gasteiger partial charge in [0, 0.05) is 38.3 Å². The molecule has 0 atom stereocenters. The summed E-state index contributed by atoms with van der Waals surface area (Å²) in [5.41, 5.74) is 5.89. The molecule has 2 N–H and O–H groups in total. The summed E-state index contributed by atoms with van der Waals surface area (Å²) in [6.07, 6.45) is 3.86. The third-order valence-corrected chi connectivity index (χ3v) is 4.82. The van der Waals surface area contributed by atoms with Crippen LogP contribution in [0, 0.1) is 5.41 Å². The van der Waals surface area contributed by atoms with E-state index in [1.54, 1.807) is 0 Å². The van der Waals surface area contributed by atoms with Gasteiger partial charge in [-0.15, -0.1) is 0 Å². The van der Waals surface area contributed by atoms with Gasteiger partial charge in [0.1, 0.15) is 0 Å². The minimum Gasteiger partial charge on any atom is -0.340 e. The molecule has 0 aromatic heterocycles. The van der Waals surface area contributed by atoms with Crippen LogP contribution in [0.4, 0.5) is 0 Å². The SMILES string of the molecule is CCCC(CN)(CCC)C(=O)N1CCN(C(C)(C)C)CC1. The van der Waals surface area contributed by atoms with Crippen LogP contribution in [0.3, 0.4) is 0 Å². The highest BCUT2D eigenvalue weighted by Crippen LogP contribution is 2.32. The predicted octanol–water partition coefficient (Wildman–Crippen LogP) is 2.47. The summed E-state index contributed by atoms with van der Waals surface area (Å²) >= 11 is 0. The van der Waals surface area contributed by atoms with E-state index in [1.165, 1.54) is 0 Å². The number of amides is 1. The maximum Gasteiger partial charge on any atom is 0.230 e. The quantitative estimate of drug-likeness (QED) is 0.819. The molecule has 124 valence electrons. The fourth-order valence-electron chi connectivity index (χ4n) is 3.50. The Hall–Kier alpha value is -0.610. The number of nitrogens with two attached hydrogens (primary N) is 1. The Morgan fingerprint density at radius 3 is 1.81 bits per heavy atom. The average Bonchev–Trinajstić information content (AvgIpc) is 2.45. The summed E-state index contributed by atoms with van der Waals surface area (Å²) in [5, 5.41) is 0. The average molecular weight is 297 g/mol. The molecule has 0 aliphatic carbocycles. The lowest BCUT2D eigenvalue weighted by Crippen LogP contribution is -2.58. The molecule has 1 saturated heterocycles. The highest BCUT2D eigenvalue weighted by Gasteiger charge is 2.40. The van der Waals surface area contributed by atoms with Crippen LogP contribution in [0.15, 0.2) is 0 Å². The van der Waals surface area contributed by atoms with Crippen LogP contribution in [0.2, 0.25) is 0 Å². The molecule has 0 bridgehead atoms. The number of carbonyl (C=O) groups is 1. The molecule has 0 unspecified atom stereocenters. The van der Waals surface area contributed by atoms with Crippen LogP contribution in [-0.2, 0) is 4.79 Å². The molecular weight excluding hydrogens is 262 g/mol. The lowest BCUT2D eigenvalue weighted by Gasteiger charge is -2.45. The summed E-state index contributed by atoms with van der Waals surface area (Å²) in [4.78, 5) is 17.5. The van der Waals surface area contributed by atoms with Gasteiger partial charge in [0.25, 0.3) is 0 Å². The first-order valence-corrected chi connectivity index (χ1v) is 8.55. The van der Waals surface area contributed by atoms with Crippen molar-refractivity contribution >= 4 is 5.91 Å². The van der Waals surface area contributed by atoms with Crippen LogP contribution in [0.5, 0.6) is 0 Å². The second kappa shape index (κ2) is 7.59. The zero-order valence-electron chi connectivity index (χ0n) is 14.7. The molecule has 1 aliphatic rings. The summed E-state index contributed by atoms with van der Waals surface area (Å²) in [6.45, 7) is 15.1. The van der Waals surface area contributed by atoms with E-state index in [2.05, 4.69) is 44.4 Å². The molecule has 0 aromatic rings. The summed E-state index contributed by atoms with van der Waals surface area (Å²) < 4.78 is 0. The number of carbonyl (C=O) groups excluding carboxylic acids is 1. The molecule has 1 amide bonds. The summed E-state index contributed by atoms with van der Waals surface area (Å²) in [7, 11) is 0. The lowest BCUT2D eigenvalue weighted by molar-refractivity contribution is -0.145. The van der Waals surface area contributed by atoms with Gasteiger partial charge < -0.3 is 10.6 Å². The van der Waals surface area contributed by atoms with Crippen molar-refractivity contribution in [2.45, 2.75) is 65.8 Å². The molecule has 1 heterocycles. The smallest absolute Gasteiger partial charge is 0.230 e. The summed E-state index contributed by atoms with van der Waals surface area (Å²) in [5.74, 6) is 0.294.